The molecule has 5 nitrogen and oxygen atoms in total. The molecule has 3 aliphatic heterocycles. The van der Waals surface area contributed by atoms with E-state index in [2.05, 4.69) is 32.9 Å². The Hall–Kier alpha value is -0.240. The summed E-state index contributed by atoms with van der Waals surface area (Å²) >= 11 is 2.22. The van der Waals surface area contributed by atoms with Crippen molar-refractivity contribution in [3.05, 3.63) is 0 Å². The fourth-order valence-electron chi connectivity index (χ4n) is 2.42. The largest absolute Gasteiger partial charge is 0.368 e. The maximum Gasteiger partial charge on any atom is 0.222 e. The molecule has 0 radical (unpaired) electrons. The summed E-state index contributed by atoms with van der Waals surface area (Å²) < 4.78 is 1.99. The lowest BCUT2D eigenvalue weighted by atomic mass is 9.84. The van der Waals surface area contributed by atoms with E-state index in [1.54, 1.807) is 0 Å². The average molecular weight is 309 g/mol. The van der Waals surface area contributed by atoms with Gasteiger partial charge in [0.1, 0.15) is 0 Å². The first-order valence-electron chi connectivity index (χ1n) is 4.93. The van der Waals surface area contributed by atoms with Crippen molar-refractivity contribution in [1.29, 1.82) is 0 Å². The Labute approximate surface area is 98.0 Å². The van der Waals surface area contributed by atoms with Gasteiger partial charge >= 0.3 is 0 Å². The van der Waals surface area contributed by atoms with Gasteiger partial charge in [0.05, 0.1) is 28.9 Å². The smallest absolute Gasteiger partial charge is 0.222 e. The van der Waals surface area contributed by atoms with E-state index >= 15 is 0 Å². The van der Waals surface area contributed by atoms with E-state index in [1.807, 2.05) is 3.11 Å². The molecule has 0 aromatic rings. The predicted molar refractivity (Wildman–Crippen MR) is 64.6 cm³/mol. The zero-order valence-corrected chi connectivity index (χ0v) is 10.2. The minimum atomic E-state index is 0.435. The van der Waals surface area contributed by atoms with E-state index in [0.29, 0.717) is 12.0 Å². The molecule has 0 spiro atoms. The van der Waals surface area contributed by atoms with Gasteiger partial charge in [0, 0.05) is 6.54 Å². The van der Waals surface area contributed by atoms with Crippen LogP contribution in [-0.4, -0.2) is 39.6 Å². The van der Waals surface area contributed by atoms with Crippen molar-refractivity contribution in [3.8, 4) is 0 Å². The quantitative estimate of drug-likeness (QED) is 0.177. The second-order valence-corrected chi connectivity index (χ2v) is 5.04. The zero-order valence-electron chi connectivity index (χ0n) is 8.06. The van der Waals surface area contributed by atoms with Crippen LogP contribution in [0.15, 0.2) is 5.10 Å². The van der Waals surface area contributed by atoms with E-state index in [-0.39, 0.29) is 0 Å². The Kier molecular flexibility index (Phi) is 3.01. The van der Waals surface area contributed by atoms with Crippen LogP contribution in [0.2, 0.25) is 0 Å². The highest BCUT2D eigenvalue weighted by molar-refractivity contribution is 14.1. The third kappa shape index (κ3) is 1.77. The minimum absolute atomic E-state index is 0.435. The number of nitrogens with zero attached hydrogens (tertiary/aromatic N) is 3. The second kappa shape index (κ2) is 4.09. The molecule has 0 saturated carbocycles. The number of hydrazone groups is 1. The molecule has 0 aromatic heterocycles. The monoisotopic (exact) mass is 309 g/mol. The highest BCUT2D eigenvalue weighted by Gasteiger charge is 2.37. The Morgan fingerprint density at radius 3 is 2.50 bits per heavy atom. The van der Waals surface area contributed by atoms with Gasteiger partial charge in [0.25, 0.3) is 0 Å². The standard InChI is InChI=1S/C8H16IN5/c9-14(8(10)12-11)7-5-13-3-1-6(7)2-4-13/h6-7H,1-5,11H2,(H2,10,12)/t7-/m0/s1. The lowest BCUT2D eigenvalue weighted by Gasteiger charge is -2.47. The van der Waals surface area contributed by atoms with E-state index < -0.39 is 0 Å². The van der Waals surface area contributed by atoms with Crippen molar-refractivity contribution in [3.63, 3.8) is 0 Å². The SMILES string of the molecule is N/N=C(\N)N(I)[C@H]1CN2CCC1CC2. The minimum Gasteiger partial charge on any atom is -0.368 e. The molecule has 80 valence electrons. The summed E-state index contributed by atoms with van der Waals surface area (Å²) in [6.45, 7) is 3.58. The van der Waals surface area contributed by atoms with Crippen molar-refractivity contribution in [1.82, 2.24) is 8.01 Å². The van der Waals surface area contributed by atoms with Crippen LogP contribution in [-0.2, 0) is 0 Å². The van der Waals surface area contributed by atoms with Gasteiger partial charge in [-0.3, -0.25) is 3.11 Å². The Morgan fingerprint density at radius 2 is 2.07 bits per heavy atom. The molecule has 4 N–H and O–H groups in total. The van der Waals surface area contributed by atoms with E-state index in [0.717, 1.165) is 12.5 Å². The lowest BCUT2D eigenvalue weighted by molar-refractivity contribution is 0.0638. The fraction of sp³-hybridized carbons (Fsp3) is 0.875. The second-order valence-electron chi connectivity index (χ2n) is 4.00. The summed E-state index contributed by atoms with van der Waals surface area (Å²) in [5, 5.41) is 3.54. The molecule has 1 atom stereocenters. The summed E-state index contributed by atoms with van der Waals surface area (Å²) in [5.41, 5.74) is 5.70. The average Bonchev–Trinajstić information content (AvgIpc) is 2.28. The van der Waals surface area contributed by atoms with Crippen molar-refractivity contribution in [2.24, 2.45) is 22.6 Å². The molecule has 6 heteroatoms. The molecule has 2 bridgehead atoms. The third-order valence-corrected chi connectivity index (χ3v) is 4.47. The van der Waals surface area contributed by atoms with Crippen molar-refractivity contribution in [2.75, 3.05) is 19.6 Å². The molecule has 3 heterocycles. The summed E-state index contributed by atoms with van der Waals surface area (Å²) in [4.78, 5) is 2.49. The van der Waals surface area contributed by atoms with Gasteiger partial charge in [-0.2, -0.15) is 0 Å². The van der Waals surface area contributed by atoms with Gasteiger partial charge in [0.15, 0.2) is 0 Å². The number of hydrogen-bond donors (Lipinski definition) is 2. The molecule has 0 unspecified atom stereocenters. The van der Waals surface area contributed by atoms with Crippen LogP contribution in [0.4, 0.5) is 0 Å². The van der Waals surface area contributed by atoms with E-state index in [9.17, 15) is 0 Å². The highest BCUT2D eigenvalue weighted by Crippen LogP contribution is 2.32. The maximum atomic E-state index is 5.70. The summed E-state index contributed by atoms with van der Waals surface area (Å²) in [6.07, 6.45) is 2.56. The van der Waals surface area contributed by atoms with Gasteiger partial charge in [0.2, 0.25) is 5.96 Å². The first-order valence-corrected chi connectivity index (χ1v) is 5.89. The number of hydrogen-bond acceptors (Lipinski definition) is 3. The summed E-state index contributed by atoms with van der Waals surface area (Å²) in [6, 6.07) is 0.491. The molecular weight excluding hydrogens is 293 g/mol. The first kappa shape index (κ1) is 10.3. The molecule has 0 amide bonds. The Balaban J connectivity index is 2.04. The molecular formula is C8H16IN5. The van der Waals surface area contributed by atoms with Crippen LogP contribution >= 0.6 is 22.9 Å². The summed E-state index contributed by atoms with van der Waals surface area (Å²) in [5.74, 6) is 6.38. The van der Waals surface area contributed by atoms with Crippen molar-refractivity contribution in [2.45, 2.75) is 18.9 Å². The number of piperidine rings is 3. The number of halogens is 1. The highest BCUT2D eigenvalue weighted by atomic mass is 127. The van der Waals surface area contributed by atoms with Crippen molar-refractivity contribution >= 4 is 28.8 Å². The molecule has 3 fully saturated rings. The molecule has 3 rings (SSSR count). The Bertz CT molecular complexity index is 236. The van der Waals surface area contributed by atoms with Gasteiger partial charge in [-0.05, 0) is 31.8 Å². The van der Waals surface area contributed by atoms with E-state index in [1.165, 1.54) is 25.9 Å². The van der Waals surface area contributed by atoms with Crippen LogP contribution in [0.5, 0.6) is 0 Å². The van der Waals surface area contributed by atoms with Gasteiger partial charge in [-0.1, -0.05) is 0 Å². The third-order valence-electron chi connectivity index (χ3n) is 3.26. The Morgan fingerprint density at radius 1 is 1.43 bits per heavy atom. The van der Waals surface area contributed by atoms with Crippen LogP contribution in [0, 0.1) is 5.92 Å². The van der Waals surface area contributed by atoms with Gasteiger partial charge in [-0.25, -0.2) is 0 Å². The van der Waals surface area contributed by atoms with Crippen LogP contribution in [0.1, 0.15) is 12.8 Å². The molecule has 14 heavy (non-hydrogen) atoms. The summed E-state index contributed by atoms with van der Waals surface area (Å²) in [7, 11) is 0. The van der Waals surface area contributed by atoms with Gasteiger partial charge in [-0.15, -0.1) is 5.10 Å². The van der Waals surface area contributed by atoms with Gasteiger partial charge < -0.3 is 16.5 Å². The van der Waals surface area contributed by atoms with Crippen LogP contribution in [0.25, 0.3) is 0 Å². The topological polar surface area (TPSA) is 70.9 Å². The zero-order chi connectivity index (χ0) is 10.1. The molecule has 3 saturated heterocycles. The van der Waals surface area contributed by atoms with E-state index in [4.69, 9.17) is 11.6 Å². The fourth-order valence-corrected chi connectivity index (χ4v) is 3.17. The lowest BCUT2D eigenvalue weighted by Crippen LogP contribution is -2.57. The van der Waals surface area contributed by atoms with Crippen LogP contribution in [0.3, 0.4) is 0 Å². The predicted octanol–water partition coefficient (Wildman–Crippen LogP) is -0.0790. The molecule has 0 aliphatic carbocycles. The number of nitrogens with two attached hydrogens (primary N) is 2. The maximum absolute atomic E-state index is 5.70. The molecule has 0 aromatic carbocycles. The number of fused-ring (bicyclic) bond motifs is 3. The normalized spacial score (nSPS) is 37.2. The number of guanidine groups is 1. The van der Waals surface area contributed by atoms with Crippen LogP contribution < -0.4 is 11.6 Å². The first-order chi connectivity index (χ1) is 6.72. The number of rotatable bonds is 1. The molecule has 3 aliphatic rings. The van der Waals surface area contributed by atoms with Crippen molar-refractivity contribution < 1.29 is 0 Å².